The molecule has 0 spiro atoms. The van der Waals surface area contributed by atoms with Gasteiger partial charge in [-0.25, -0.2) is 0 Å². The van der Waals surface area contributed by atoms with Gasteiger partial charge in [0.25, 0.3) is 0 Å². The minimum Gasteiger partial charge on any atom is -0.488 e. The van der Waals surface area contributed by atoms with E-state index in [1.165, 1.54) is 0 Å². The second-order valence-electron chi connectivity index (χ2n) is 4.61. The Bertz CT molecular complexity index is 862. The second kappa shape index (κ2) is 5.10. The first-order valence-electron chi connectivity index (χ1n) is 6.41. The van der Waals surface area contributed by atoms with Crippen molar-refractivity contribution >= 4 is 31.5 Å². The Labute approximate surface area is 120 Å². The standard InChI is InChI=1S/C17H14O2S/c1-3-10-19-13-9-8-11(2)15-16(18)12-6-4-5-7-14(12)20-17(13)15/h3-9H,1,10H2,2H3. The first-order valence-corrected chi connectivity index (χ1v) is 7.23. The van der Waals surface area contributed by atoms with E-state index in [9.17, 15) is 4.79 Å². The van der Waals surface area contributed by atoms with Crippen molar-refractivity contribution in [1.82, 2.24) is 0 Å². The summed E-state index contributed by atoms with van der Waals surface area (Å²) in [5, 5.41) is 1.53. The predicted molar refractivity (Wildman–Crippen MR) is 86.0 cm³/mol. The largest absolute Gasteiger partial charge is 0.488 e. The molecule has 0 unspecified atom stereocenters. The summed E-state index contributed by atoms with van der Waals surface area (Å²) >= 11 is 1.60. The van der Waals surface area contributed by atoms with Crippen LogP contribution in [-0.4, -0.2) is 6.61 Å². The smallest absolute Gasteiger partial charge is 0.196 e. The highest BCUT2D eigenvalue weighted by atomic mass is 32.1. The van der Waals surface area contributed by atoms with Gasteiger partial charge >= 0.3 is 0 Å². The van der Waals surface area contributed by atoms with Gasteiger partial charge in [-0.05, 0) is 30.7 Å². The van der Waals surface area contributed by atoms with Crippen molar-refractivity contribution in [2.75, 3.05) is 6.61 Å². The molecule has 0 aliphatic heterocycles. The van der Waals surface area contributed by atoms with Crippen molar-refractivity contribution in [2.45, 2.75) is 6.92 Å². The number of hydrogen-bond acceptors (Lipinski definition) is 3. The lowest BCUT2D eigenvalue weighted by atomic mass is 10.1. The van der Waals surface area contributed by atoms with Crippen LogP contribution in [0.25, 0.3) is 20.2 Å². The van der Waals surface area contributed by atoms with Crippen molar-refractivity contribution in [3.8, 4) is 5.75 Å². The summed E-state index contributed by atoms with van der Waals surface area (Å²) in [5.41, 5.74) is 1.06. The molecule has 0 atom stereocenters. The summed E-state index contributed by atoms with van der Waals surface area (Å²) in [6.45, 7) is 6.05. The number of rotatable bonds is 3. The number of hydrogen-bond donors (Lipinski definition) is 0. The van der Waals surface area contributed by atoms with Crippen molar-refractivity contribution in [2.24, 2.45) is 0 Å². The van der Waals surface area contributed by atoms with E-state index >= 15 is 0 Å². The van der Waals surface area contributed by atoms with E-state index in [2.05, 4.69) is 6.58 Å². The Morgan fingerprint density at radius 1 is 1.25 bits per heavy atom. The third kappa shape index (κ3) is 2.00. The number of benzene rings is 2. The highest BCUT2D eigenvalue weighted by molar-refractivity contribution is 7.24. The SMILES string of the molecule is C=CCOc1ccc(C)c2c(=O)c3ccccc3sc12. The minimum atomic E-state index is 0.0795. The molecule has 0 N–H and O–H groups in total. The highest BCUT2D eigenvalue weighted by Gasteiger charge is 2.12. The third-order valence-corrected chi connectivity index (χ3v) is 4.44. The fraction of sp³-hybridized carbons (Fsp3) is 0.118. The Hall–Kier alpha value is -2.13. The molecule has 0 fully saturated rings. The number of fused-ring (bicyclic) bond motifs is 2. The zero-order chi connectivity index (χ0) is 14.1. The van der Waals surface area contributed by atoms with Crippen molar-refractivity contribution < 1.29 is 4.74 Å². The van der Waals surface area contributed by atoms with E-state index in [0.717, 1.165) is 31.5 Å². The molecule has 2 aromatic carbocycles. The van der Waals surface area contributed by atoms with E-state index in [4.69, 9.17) is 4.74 Å². The van der Waals surface area contributed by atoms with Crippen molar-refractivity contribution in [3.63, 3.8) is 0 Å². The normalized spacial score (nSPS) is 10.8. The van der Waals surface area contributed by atoms with Crippen molar-refractivity contribution in [1.29, 1.82) is 0 Å². The van der Waals surface area contributed by atoms with Gasteiger partial charge in [0, 0.05) is 15.5 Å². The molecule has 2 nitrogen and oxygen atoms in total. The second-order valence-corrected chi connectivity index (χ2v) is 5.66. The number of ether oxygens (including phenoxy) is 1. The van der Waals surface area contributed by atoms with Crippen LogP contribution in [0, 0.1) is 6.92 Å². The molecule has 0 aliphatic carbocycles. The Kier molecular flexibility index (Phi) is 3.28. The maximum absolute atomic E-state index is 12.7. The van der Waals surface area contributed by atoms with Gasteiger partial charge in [-0.3, -0.25) is 4.79 Å². The lowest BCUT2D eigenvalue weighted by molar-refractivity contribution is 0.368. The van der Waals surface area contributed by atoms with Crippen LogP contribution in [0.1, 0.15) is 5.56 Å². The van der Waals surface area contributed by atoms with Gasteiger partial charge < -0.3 is 4.74 Å². The first-order chi connectivity index (χ1) is 9.72. The van der Waals surface area contributed by atoms with E-state index in [1.807, 2.05) is 43.3 Å². The van der Waals surface area contributed by atoms with Crippen LogP contribution < -0.4 is 10.2 Å². The first kappa shape index (κ1) is 12.9. The van der Waals surface area contributed by atoms with Crippen LogP contribution in [0.3, 0.4) is 0 Å². The van der Waals surface area contributed by atoms with Gasteiger partial charge in [0.05, 0.1) is 4.70 Å². The predicted octanol–water partition coefficient (Wildman–Crippen LogP) is 4.29. The Morgan fingerprint density at radius 3 is 2.85 bits per heavy atom. The molecule has 20 heavy (non-hydrogen) atoms. The highest BCUT2D eigenvalue weighted by Crippen LogP contribution is 2.33. The summed E-state index contributed by atoms with van der Waals surface area (Å²) in [4.78, 5) is 12.7. The molecule has 0 amide bonds. The maximum atomic E-state index is 12.7. The van der Waals surface area contributed by atoms with E-state index in [-0.39, 0.29) is 5.43 Å². The quantitative estimate of drug-likeness (QED) is 0.529. The zero-order valence-electron chi connectivity index (χ0n) is 11.2. The van der Waals surface area contributed by atoms with Crippen molar-refractivity contribution in [3.05, 3.63) is 64.8 Å². The molecule has 3 heteroatoms. The van der Waals surface area contributed by atoms with Gasteiger partial charge in [-0.15, -0.1) is 11.3 Å². The molecule has 0 saturated heterocycles. The van der Waals surface area contributed by atoms with Gasteiger partial charge in [0.1, 0.15) is 12.4 Å². The molecule has 0 saturated carbocycles. The van der Waals surface area contributed by atoms with Crippen LogP contribution in [0.4, 0.5) is 0 Å². The molecular weight excluding hydrogens is 268 g/mol. The average molecular weight is 282 g/mol. The molecular formula is C17H14O2S. The average Bonchev–Trinajstić information content (AvgIpc) is 2.47. The van der Waals surface area contributed by atoms with E-state index in [1.54, 1.807) is 17.4 Å². The van der Waals surface area contributed by atoms with Gasteiger partial charge in [0.15, 0.2) is 5.43 Å². The topological polar surface area (TPSA) is 26.3 Å². The lowest BCUT2D eigenvalue weighted by Gasteiger charge is -2.09. The summed E-state index contributed by atoms with van der Waals surface area (Å²) in [5.74, 6) is 0.748. The van der Waals surface area contributed by atoms with Crippen LogP contribution in [0.5, 0.6) is 5.75 Å². The van der Waals surface area contributed by atoms with Crippen LogP contribution in [0.15, 0.2) is 53.8 Å². The fourth-order valence-electron chi connectivity index (χ4n) is 2.30. The molecule has 0 bridgehead atoms. The molecule has 1 heterocycles. The molecule has 3 aromatic rings. The maximum Gasteiger partial charge on any atom is 0.196 e. The van der Waals surface area contributed by atoms with Gasteiger partial charge in [0.2, 0.25) is 0 Å². The summed E-state index contributed by atoms with van der Waals surface area (Å²) in [6, 6.07) is 11.6. The van der Waals surface area contributed by atoms with Crippen LogP contribution >= 0.6 is 11.3 Å². The summed E-state index contributed by atoms with van der Waals surface area (Å²) < 4.78 is 7.58. The summed E-state index contributed by atoms with van der Waals surface area (Å²) in [7, 11) is 0. The van der Waals surface area contributed by atoms with Gasteiger partial charge in [-0.2, -0.15) is 0 Å². The van der Waals surface area contributed by atoms with E-state index < -0.39 is 0 Å². The Morgan fingerprint density at radius 2 is 2.05 bits per heavy atom. The molecule has 0 aliphatic rings. The molecule has 100 valence electrons. The Balaban J connectivity index is 2.43. The third-order valence-electron chi connectivity index (χ3n) is 3.26. The van der Waals surface area contributed by atoms with Crippen LogP contribution in [-0.2, 0) is 0 Å². The van der Waals surface area contributed by atoms with E-state index in [0.29, 0.717) is 6.61 Å². The number of aryl methyl sites for hydroxylation is 1. The zero-order valence-corrected chi connectivity index (χ0v) is 12.0. The molecule has 3 rings (SSSR count). The minimum absolute atomic E-state index is 0.0795. The lowest BCUT2D eigenvalue weighted by Crippen LogP contribution is -2.04. The monoisotopic (exact) mass is 282 g/mol. The van der Waals surface area contributed by atoms with Crippen LogP contribution in [0.2, 0.25) is 0 Å². The fourth-order valence-corrected chi connectivity index (χ4v) is 3.52. The van der Waals surface area contributed by atoms with Gasteiger partial charge in [-0.1, -0.05) is 30.9 Å². The molecule has 1 aromatic heterocycles. The summed E-state index contributed by atoms with van der Waals surface area (Å²) in [6.07, 6.45) is 1.70. The molecule has 0 radical (unpaired) electrons.